The van der Waals surface area contributed by atoms with E-state index in [1.54, 1.807) is 44.6 Å². The third kappa shape index (κ3) is 3.24. The van der Waals surface area contributed by atoms with Gasteiger partial charge in [0.1, 0.15) is 6.54 Å². The lowest BCUT2D eigenvalue weighted by Gasteiger charge is -2.07. The number of halogens is 1. The van der Waals surface area contributed by atoms with Gasteiger partial charge in [0, 0.05) is 30.9 Å². The van der Waals surface area contributed by atoms with E-state index in [1.165, 1.54) is 15.8 Å². The highest BCUT2D eigenvalue weighted by atomic mass is 35.5. The minimum Gasteiger partial charge on any atom is -0.345 e. The highest BCUT2D eigenvalue weighted by Gasteiger charge is 2.12. The van der Waals surface area contributed by atoms with Crippen LogP contribution in [0.4, 0.5) is 0 Å². The summed E-state index contributed by atoms with van der Waals surface area (Å²) in [6.07, 6.45) is 3.02. The number of aromatic nitrogens is 2. The van der Waals surface area contributed by atoms with Crippen molar-refractivity contribution in [1.82, 2.24) is 14.7 Å². The summed E-state index contributed by atoms with van der Waals surface area (Å²) in [4.78, 5) is 25.2. The Hall–Kier alpha value is -2.14. The Kier molecular flexibility index (Phi) is 4.20. The van der Waals surface area contributed by atoms with Gasteiger partial charge in [-0.05, 0) is 24.3 Å². The number of rotatable bonds is 4. The Morgan fingerprint density at radius 3 is 2.45 bits per heavy atom. The van der Waals surface area contributed by atoms with Crippen molar-refractivity contribution < 1.29 is 9.59 Å². The van der Waals surface area contributed by atoms with Crippen LogP contribution in [0.15, 0.2) is 36.7 Å². The SMILES string of the molecule is CN(C)C(=O)c1cnn(CC(=O)c2ccc(Cl)cc2)c1. The molecule has 1 aromatic carbocycles. The molecule has 0 unspecified atom stereocenters. The summed E-state index contributed by atoms with van der Waals surface area (Å²) in [5.74, 6) is -0.233. The molecule has 1 heterocycles. The van der Waals surface area contributed by atoms with E-state index in [1.807, 2.05) is 0 Å². The minimum absolute atomic E-state index is 0.0857. The van der Waals surface area contributed by atoms with Gasteiger partial charge in [-0.3, -0.25) is 14.3 Å². The van der Waals surface area contributed by atoms with Crippen molar-refractivity contribution in [1.29, 1.82) is 0 Å². The number of hydrogen-bond acceptors (Lipinski definition) is 3. The predicted molar refractivity (Wildman–Crippen MR) is 76.0 cm³/mol. The Morgan fingerprint density at radius 1 is 1.20 bits per heavy atom. The van der Waals surface area contributed by atoms with E-state index in [9.17, 15) is 9.59 Å². The van der Waals surface area contributed by atoms with Crippen molar-refractivity contribution in [2.45, 2.75) is 6.54 Å². The van der Waals surface area contributed by atoms with Crippen molar-refractivity contribution in [3.63, 3.8) is 0 Å². The molecule has 6 heteroatoms. The average molecular weight is 292 g/mol. The van der Waals surface area contributed by atoms with E-state index in [-0.39, 0.29) is 18.2 Å². The first-order valence-electron chi connectivity index (χ1n) is 6.00. The molecule has 2 aromatic rings. The molecule has 0 atom stereocenters. The zero-order valence-corrected chi connectivity index (χ0v) is 12.0. The fourth-order valence-corrected chi connectivity index (χ4v) is 1.82. The Bertz CT molecular complexity index is 632. The molecule has 0 spiro atoms. The highest BCUT2D eigenvalue weighted by Crippen LogP contribution is 2.11. The summed E-state index contributed by atoms with van der Waals surface area (Å²) in [6.45, 7) is 0.0857. The van der Waals surface area contributed by atoms with Gasteiger partial charge in [-0.15, -0.1) is 0 Å². The van der Waals surface area contributed by atoms with Crippen molar-refractivity contribution in [2.75, 3.05) is 14.1 Å². The molecule has 2 rings (SSSR count). The molecule has 0 aliphatic heterocycles. The largest absolute Gasteiger partial charge is 0.345 e. The van der Waals surface area contributed by atoms with Crippen LogP contribution in [0, 0.1) is 0 Å². The average Bonchev–Trinajstić information content (AvgIpc) is 2.86. The zero-order valence-electron chi connectivity index (χ0n) is 11.2. The first-order valence-corrected chi connectivity index (χ1v) is 6.38. The number of hydrogen-bond donors (Lipinski definition) is 0. The van der Waals surface area contributed by atoms with Crippen molar-refractivity contribution in [2.24, 2.45) is 0 Å². The van der Waals surface area contributed by atoms with Crippen LogP contribution in [0.25, 0.3) is 0 Å². The van der Waals surface area contributed by atoms with E-state index in [0.717, 1.165) is 0 Å². The van der Waals surface area contributed by atoms with Gasteiger partial charge in [0.2, 0.25) is 0 Å². The number of nitrogens with zero attached hydrogens (tertiary/aromatic N) is 3. The van der Waals surface area contributed by atoms with Crippen molar-refractivity contribution >= 4 is 23.3 Å². The number of benzene rings is 1. The lowest BCUT2D eigenvalue weighted by molar-refractivity contribution is 0.0826. The topological polar surface area (TPSA) is 55.2 Å². The van der Waals surface area contributed by atoms with Crippen molar-refractivity contribution in [3.8, 4) is 0 Å². The first kappa shape index (κ1) is 14.3. The number of carbonyl (C=O) groups excluding carboxylic acids is 2. The van der Waals surface area contributed by atoms with Gasteiger partial charge in [-0.25, -0.2) is 0 Å². The number of carbonyl (C=O) groups is 2. The monoisotopic (exact) mass is 291 g/mol. The Morgan fingerprint density at radius 2 is 1.85 bits per heavy atom. The molecule has 0 N–H and O–H groups in total. The molecule has 104 valence electrons. The molecule has 0 fully saturated rings. The quantitative estimate of drug-likeness (QED) is 0.811. The van der Waals surface area contributed by atoms with E-state index in [0.29, 0.717) is 16.1 Å². The maximum absolute atomic E-state index is 12.0. The highest BCUT2D eigenvalue weighted by molar-refractivity contribution is 6.30. The van der Waals surface area contributed by atoms with Crippen molar-refractivity contribution in [3.05, 3.63) is 52.8 Å². The summed E-state index contributed by atoms with van der Waals surface area (Å²) in [7, 11) is 3.33. The van der Waals surface area contributed by atoms with Gasteiger partial charge in [0.05, 0.1) is 11.8 Å². The second kappa shape index (κ2) is 5.88. The molecule has 1 aromatic heterocycles. The summed E-state index contributed by atoms with van der Waals surface area (Å²) < 4.78 is 1.45. The second-order valence-corrected chi connectivity index (χ2v) is 4.99. The normalized spacial score (nSPS) is 10.3. The zero-order chi connectivity index (χ0) is 14.7. The lowest BCUT2D eigenvalue weighted by atomic mass is 10.1. The van der Waals surface area contributed by atoms with Crippen LogP contribution < -0.4 is 0 Å². The number of Topliss-reactive ketones (excluding diaryl/α,β-unsaturated/α-hetero) is 1. The molecular weight excluding hydrogens is 278 g/mol. The smallest absolute Gasteiger partial charge is 0.256 e. The summed E-state index contributed by atoms with van der Waals surface area (Å²) in [5.41, 5.74) is 1.02. The maximum Gasteiger partial charge on any atom is 0.256 e. The van der Waals surface area contributed by atoms with Gasteiger partial charge in [0.15, 0.2) is 5.78 Å². The minimum atomic E-state index is -0.143. The van der Waals surface area contributed by atoms with E-state index in [2.05, 4.69) is 5.10 Å². The molecule has 20 heavy (non-hydrogen) atoms. The number of amides is 1. The van der Waals surface area contributed by atoms with Crippen LogP contribution in [-0.4, -0.2) is 40.5 Å². The molecule has 1 amide bonds. The van der Waals surface area contributed by atoms with Gasteiger partial charge in [0.25, 0.3) is 5.91 Å². The van der Waals surface area contributed by atoms with Crippen LogP contribution in [0.1, 0.15) is 20.7 Å². The lowest BCUT2D eigenvalue weighted by Crippen LogP contribution is -2.21. The molecule has 5 nitrogen and oxygen atoms in total. The van der Waals surface area contributed by atoms with E-state index in [4.69, 9.17) is 11.6 Å². The van der Waals surface area contributed by atoms with Crippen LogP contribution in [-0.2, 0) is 6.54 Å². The second-order valence-electron chi connectivity index (χ2n) is 4.56. The van der Waals surface area contributed by atoms with Gasteiger partial charge in [-0.1, -0.05) is 11.6 Å². The van der Waals surface area contributed by atoms with E-state index >= 15 is 0 Å². The first-order chi connectivity index (χ1) is 9.47. The summed E-state index contributed by atoms with van der Waals surface area (Å²) in [5, 5.41) is 4.61. The molecule has 0 saturated carbocycles. The summed E-state index contributed by atoms with van der Waals surface area (Å²) in [6, 6.07) is 6.66. The molecule has 0 bridgehead atoms. The van der Waals surface area contributed by atoms with Crippen LogP contribution >= 0.6 is 11.6 Å². The van der Waals surface area contributed by atoms with Gasteiger partial charge >= 0.3 is 0 Å². The molecule has 0 radical (unpaired) electrons. The molecular formula is C14H14ClN3O2. The third-order valence-electron chi connectivity index (χ3n) is 2.76. The van der Waals surface area contributed by atoms with Crippen LogP contribution in [0.2, 0.25) is 5.02 Å². The van der Waals surface area contributed by atoms with Gasteiger partial charge in [-0.2, -0.15) is 5.10 Å². The van der Waals surface area contributed by atoms with Gasteiger partial charge < -0.3 is 4.90 Å². The third-order valence-corrected chi connectivity index (χ3v) is 3.01. The van der Waals surface area contributed by atoms with Crippen LogP contribution in [0.5, 0.6) is 0 Å². The standard InChI is InChI=1S/C14H14ClN3O2/c1-17(2)14(20)11-7-16-18(8-11)9-13(19)10-3-5-12(15)6-4-10/h3-8H,9H2,1-2H3. The summed E-state index contributed by atoms with van der Waals surface area (Å²) >= 11 is 5.77. The predicted octanol–water partition coefficient (Wildman–Crippen LogP) is 2.12. The fraction of sp³-hybridized carbons (Fsp3) is 0.214. The van der Waals surface area contributed by atoms with Crippen LogP contribution in [0.3, 0.4) is 0 Å². The fourth-order valence-electron chi connectivity index (χ4n) is 1.69. The molecule has 0 aliphatic rings. The number of ketones is 1. The maximum atomic E-state index is 12.0. The Balaban J connectivity index is 2.09. The Labute approximate surface area is 121 Å². The molecule has 0 saturated heterocycles. The molecule has 0 aliphatic carbocycles. The van der Waals surface area contributed by atoms with E-state index < -0.39 is 0 Å².